The van der Waals surface area contributed by atoms with Crippen LogP contribution < -0.4 is 0 Å². The molecule has 1 unspecified atom stereocenters. The van der Waals surface area contributed by atoms with Gasteiger partial charge < -0.3 is 9.52 Å². The molecule has 0 bridgehead atoms. The number of furan rings is 1. The van der Waals surface area contributed by atoms with Crippen molar-refractivity contribution in [3.05, 3.63) is 69.9 Å². The van der Waals surface area contributed by atoms with Gasteiger partial charge in [0, 0.05) is 15.4 Å². The fraction of sp³-hybridized carbons (Fsp3) is 0.0667. The minimum atomic E-state index is -1.17. The third-order valence-electron chi connectivity index (χ3n) is 3.04. The minimum absolute atomic E-state index is 0.0778. The van der Waals surface area contributed by atoms with Gasteiger partial charge in [-0.05, 0) is 30.3 Å². The Balaban J connectivity index is 2.10. The van der Waals surface area contributed by atoms with Crippen molar-refractivity contribution in [3.8, 4) is 0 Å². The summed E-state index contributed by atoms with van der Waals surface area (Å²) in [7, 11) is 0. The molecule has 2 aromatic carbocycles. The standard InChI is InChI=1S/C15H9BrF2O2/c16-11-5-4-9(17)7-10(11)14(19)13-6-8-2-1-3-12(18)15(8)20-13/h1-7,14,19H. The number of aliphatic hydroxyl groups excluding tert-OH is 1. The smallest absolute Gasteiger partial charge is 0.170 e. The van der Waals surface area contributed by atoms with Crippen LogP contribution >= 0.6 is 15.9 Å². The van der Waals surface area contributed by atoms with Crippen LogP contribution in [0.25, 0.3) is 11.0 Å². The molecule has 3 rings (SSSR count). The molecule has 0 amide bonds. The first-order valence-corrected chi connectivity index (χ1v) is 6.66. The average molecular weight is 339 g/mol. The summed E-state index contributed by atoms with van der Waals surface area (Å²) < 4.78 is 32.7. The third-order valence-corrected chi connectivity index (χ3v) is 3.76. The Morgan fingerprint density at radius 3 is 2.65 bits per heavy atom. The zero-order valence-corrected chi connectivity index (χ0v) is 11.7. The van der Waals surface area contributed by atoms with Crippen molar-refractivity contribution < 1.29 is 18.3 Å². The van der Waals surface area contributed by atoms with Crippen molar-refractivity contribution in [2.24, 2.45) is 0 Å². The quantitative estimate of drug-likeness (QED) is 0.743. The molecule has 0 spiro atoms. The number of fused-ring (bicyclic) bond motifs is 1. The van der Waals surface area contributed by atoms with Gasteiger partial charge in [-0.1, -0.05) is 28.1 Å². The maximum atomic E-state index is 13.6. The fourth-order valence-electron chi connectivity index (χ4n) is 2.06. The monoisotopic (exact) mass is 338 g/mol. The first-order chi connectivity index (χ1) is 9.56. The lowest BCUT2D eigenvalue weighted by Gasteiger charge is -2.10. The van der Waals surface area contributed by atoms with Gasteiger partial charge in [0.25, 0.3) is 0 Å². The minimum Gasteiger partial charge on any atom is -0.455 e. The number of hydrogen-bond donors (Lipinski definition) is 1. The molecule has 0 fully saturated rings. The van der Waals surface area contributed by atoms with Crippen LogP contribution in [0.5, 0.6) is 0 Å². The van der Waals surface area contributed by atoms with Crippen LogP contribution in [0.1, 0.15) is 17.4 Å². The molecule has 3 aromatic rings. The SMILES string of the molecule is OC(c1cc2cccc(F)c2o1)c1cc(F)ccc1Br. The molecule has 1 heterocycles. The van der Waals surface area contributed by atoms with Crippen molar-refractivity contribution in [2.75, 3.05) is 0 Å². The lowest BCUT2D eigenvalue weighted by molar-refractivity contribution is 0.190. The van der Waals surface area contributed by atoms with E-state index in [1.807, 2.05) is 0 Å². The highest BCUT2D eigenvalue weighted by molar-refractivity contribution is 9.10. The predicted molar refractivity (Wildman–Crippen MR) is 74.3 cm³/mol. The molecule has 1 atom stereocenters. The van der Waals surface area contributed by atoms with E-state index in [1.54, 1.807) is 18.2 Å². The molecule has 102 valence electrons. The largest absolute Gasteiger partial charge is 0.455 e. The van der Waals surface area contributed by atoms with E-state index in [0.717, 1.165) is 0 Å². The van der Waals surface area contributed by atoms with Gasteiger partial charge >= 0.3 is 0 Å². The van der Waals surface area contributed by atoms with E-state index in [9.17, 15) is 13.9 Å². The van der Waals surface area contributed by atoms with Crippen LogP contribution in [0.15, 0.2) is 51.4 Å². The second kappa shape index (κ2) is 5.00. The number of hydrogen-bond acceptors (Lipinski definition) is 2. The zero-order valence-electron chi connectivity index (χ0n) is 10.1. The maximum Gasteiger partial charge on any atom is 0.170 e. The molecule has 0 aliphatic carbocycles. The molecule has 2 nitrogen and oxygen atoms in total. The Kier molecular flexibility index (Phi) is 3.31. The molecular formula is C15H9BrF2O2. The van der Waals surface area contributed by atoms with Gasteiger partial charge in [0.05, 0.1) is 0 Å². The van der Waals surface area contributed by atoms with Gasteiger partial charge in [-0.15, -0.1) is 0 Å². The van der Waals surface area contributed by atoms with E-state index < -0.39 is 17.7 Å². The van der Waals surface area contributed by atoms with Gasteiger partial charge in [0.2, 0.25) is 0 Å². The zero-order chi connectivity index (χ0) is 14.3. The van der Waals surface area contributed by atoms with Crippen molar-refractivity contribution in [1.82, 2.24) is 0 Å². The highest BCUT2D eigenvalue weighted by Gasteiger charge is 2.19. The summed E-state index contributed by atoms with van der Waals surface area (Å²) in [5.41, 5.74) is 0.401. The highest BCUT2D eigenvalue weighted by atomic mass is 79.9. The lowest BCUT2D eigenvalue weighted by atomic mass is 10.1. The summed E-state index contributed by atoms with van der Waals surface area (Å²) in [5.74, 6) is -0.805. The summed E-state index contributed by atoms with van der Waals surface area (Å²) in [4.78, 5) is 0. The Bertz CT molecular complexity index is 783. The highest BCUT2D eigenvalue weighted by Crippen LogP contribution is 2.33. The first-order valence-electron chi connectivity index (χ1n) is 5.87. The first kappa shape index (κ1) is 13.3. The van der Waals surface area contributed by atoms with Crippen LogP contribution in [0.2, 0.25) is 0 Å². The molecule has 0 saturated carbocycles. The van der Waals surface area contributed by atoms with Gasteiger partial charge in [-0.2, -0.15) is 0 Å². The van der Waals surface area contributed by atoms with Crippen molar-refractivity contribution in [1.29, 1.82) is 0 Å². The maximum absolute atomic E-state index is 13.6. The lowest BCUT2D eigenvalue weighted by Crippen LogP contribution is -1.99. The molecule has 0 aliphatic heterocycles. The topological polar surface area (TPSA) is 33.4 Å². The average Bonchev–Trinajstić information content (AvgIpc) is 2.86. The summed E-state index contributed by atoms with van der Waals surface area (Å²) in [6, 6.07) is 10.0. The van der Waals surface area contributed by atoms with Crippen LogP contribution in [0.4, 0.5) is 8.78 Å². The van der Waals surface area contributed by atoms with E-state index >= 15 is 0 Å². The van der Waals surface area contributed by atoms with Crippen molar-refractivity contribution in [3.63, 3.8) is 0 Å². The molecule has 5 heteroatoms. The normalized spacial score (nSPS) is 12.8. The summed E-state index contributed by atoms with van der Waals surface area (Å²) in [6.45, 7) is 0. The van der Waals surface area contributed by atoms with E-state index in [-0.39, 0.29) is 11.3 Å². The number of para-hydroxylation sites is 1. The molecule has 1 N–H and O–H groups in total. The van der Waals surface area contributed by atoms with E-state index in [2.05, 4.69) is 15.9 Å². The second-order valence-corrected chi connectivity index (χ2v) is 5.23. The Hall–Kier alpha value is -1.72. The van der Waals surface area contributed by atoms with Gasteiger partial charge in [0.1, 0.15) is 17.7 Å². The molecule has 1 aromatic heterocycles. The molecular weight excluding hydrogens is 330 g/mol. The Labute approximate surface area is 121 Å². The molecule has 20 heavy (non-hydrogen) atoms. The Morgan fingerprint density at radius 2 is 1.90 bits per heavy atom. The van der Waals surface area contributed by atoms with Crippen LogP contribution in [-0.2, 0) is 0 Å². The van der Waals surface area contributed by atoms with Gasteiger partial charge in [-0.25, -0.2) is 8.78 Å². The van der Waals surface area contributed by atoms with E-state index in [1.165, 1.54) is 24.3 Å². The summed E-state index contributed by atoms with van der Waals surface area (Å²) in [6.07, 6.45) is -1.17. The third kappa shape index (κ3) is 2.23. The predicted octanol–water partition coefficient (Wildman–Crippen LogP) is 4.56. The second-order valence-electron chi connectivity index (χ2n) is 4.38. The van der Waals surface area contributed by atoms with Crippen molar-refractivity contribution >= 4 is 26.9 Å². The van der Waals surface area contributed by atoms with Crippen LogP contribution in [0, 0.1) is 11.6 Å². The summed E-state index contributed by atoms with van der Waals surface area (Å²) in [5, 5.41) is 10.8. The number of aliphatic hydroxyl groups is 1. The molecule has 0 saturated heterocycles. The number of rotatable bonds is 2. The number of halogens is 3. The van der Waals surface area contributed by atoms with Crippen LogP contribution in [-0.4, -0.2) is 5.11 Å². The Morgan fingerprint density at radius 1 is 1.10 bits per heavy atom. The van der Waals surface area contributed by atoms with Crippen LogP contribution in [0.3, 0.4) is 0 Å². The van der Waals surface area contributed by atoms with Crippen molar-refractivity contribution in [2.45, 2.75) is 6.10 Å². The fourth-order valence-corrected chi connectivity index (χ4v) is 2.52. The number of benzene rings is 2. The molecule has 0 radical (unpaired) electrons. The van der Waals surface area contributed by atoms with E-state index in [0.29, 0.717) is 15.4 Å². The van der Waals surface area contributed by atoms with Gasteiger partial charge in [0.15, 0.2) is 11.4 Å². The molecule has 0 aliphatic rings. The van der Waals surface area contributed by atoms with Gasteiger partial charge in [-0.3, -0.25) is 0 Å². The van der Waals surface area contributed by atoms with E-state index in [4.69, 9.17) is 4.42 Å². The summed E-state index contributed by atoms with van der Waals surface area (Å²) >= 11 is 3.24.